The molecule has 0 radical (unpaired) electrons. The van der Waals surface area contributed by atoms with E-state index in [0.29, 0.717) is 17.4 Å². The molecular weight excluding hydrogens is 176 g/mol. The number of rotatable bonds is 3. The van der Waals surface area contributed by atoms with Gasteiger partial charge in [-0.15, -0.1) is 0 Å². The number of anilines is 1. The fourth-order valence-electron chi connectivity index (χ4n) is 1.43. The van der Waals surface area contributed by atoms with Gasteiger partial charge in [-0.2, -0.15) is 0 Å². The Kier molecular flexibility index (Phi) is 3.36. The van der Waals surface area contributed by atoms with Crippen molar-refractivity contribution in [2.45, 2.75) is 19.9 Å². The van der Waals surface area contributed by atoms with Gasteiger partial charge in [-0.1, -0.05) is 26.0 Å². The molecule has 0 bridgehead atoms. The van der Waals surface area contributed by atoms with E-state index in [1.54, 1.807) is 7.11 Å². The molecule has 1 rings (SSSR count). The summed E-state index contributed by atoms with van der Waals surface area (Å²) < 4.78 is 5.24. The van der Waals surface area contributed by atoms with Crippen molar-refractivity contribution in [1.29, 1.82) is 0 Å². The first kappa shape index (κ1) is 10.9. The normalized spacial score (nSPS) is 12.9. The summed E-state index contributed by atoms with van der Waals surface area (Å²) in [6.07, 6.45) is 0. The number of methoxy groups -OCH3 is 1. The maximum Gasteiger partial charge on any atom is 0.146 e. The van der Waals surface area contributed by atoms with Crippen LogP contribution in [-0.4, -0.2) is 7.11 Å². The number of benzene rings is 1. The molecule has 0 unspecified atom stereocenters. The van der Waals surface area contributed by atoms with Gasteiger partial charge >= 0.3 is 0 Å². The van der Waals surface area contributed by atoms with Gasteiger partial charge in [-0.05, 0) is 12.0 Å². The first-order valence-corrected chi connectivity index (χ1v) is 4.76. The lowest BCUT2D eigenvalue weighted by molar-refractivity contribution is 0.398. The molecule has 0 aliphatic heterocycles. The third kappa shape index (κ3) is 1.99. The first-order chi connectivity index (χ1) is 6.57. The highest BCUT2D eigenvalue weighted by atomic mass is 16.5. The minimum Gasteiger partial charge on any atom is -0.494 e. The van der Waals surface area contributed by atoms with E-state index in [2.05, 4.69) is 13.8 Å². The van der Waals surface area contributed by atoms with Crippen molar-refractivity contribution in [2.24, 2.45) is 11.7 Å². The van der Waals surface area contributed by atoms with Crippen molar-refractivity contribution >= 4 is 5.69 Å². The molecule has 14 heavy (non-hydrogen) atoms. The molecule has 1 atom stereocenters. The molecule has 0 amide bonds. The molecule has 0 aliphatic rings. The highest BCUT2D eigenvalue weighted by Crippen LogP contribution is 2.32. The van der Waals surface area contributed by atoms with Crippen LogP contribution in [0.3, 0.4) is 0 Å². The summed E-state index contributed by atoms with van der Waals surface area (Å²) in [4.78, 5) is 0. The number of hydrogen-bond acceptors (Lipinski definition) is 3. The fourth-order valence-corrected chi connectivity index (χ4v) is 1.43. The van der Waals surface area contributed by atoms with Crippen LogP contribution in [0.5, 0.6) is 5.75 Å². The zero-order chi connectivity index (χ0) is 10.7. The summed E-state index contributed by atoms with van der Waals surface area (Å²) in [6.45, 7) is 4.15. The number of para-hydroxylation sites is 1. The molecule has 0 aromatic heterocycles. The lowest BCUT2D eigenvalue weighted by Gasteiger charge is -2.19. The predicted molar refractivity (Wildman–Crippen MR) is 59.2 cm³/mol. The van der Waals surface area contributed by atoms with Crippen LogP contribution in [-0.2, 0) is 0 Å². The van der Waals surface area contributed by atoms with E-state index in [-0.39, 0.29) is 6.04 Å². The Morgan fingerprint density at radius 2 is 1.93 bits per heavy atom. The highest BCUT2D eigenvalue weighted by molar-refractivity contribution is 5.57. The van der Waals surface area contributed by atoms with Crippen LogP contribution in [0.1, 0.15) is 25.5 Å². The second-order valence-electron chi connectivity index (χ2n) is 3.74. The lowest BCUT2D eigenvalue weighted by atomic mass is 9.96. The SMILES string of the molecule is COc1c(N)cccc1[C@H](N)C(C)C. The van der Waals surface area contributed by atoms with E-state index in [0.717, 1.165) is 5.56 Å². The molecule has 3 nitrogen and oxygen atoms in total. The molecule has 1 aromatic rings. The molecular formula is C11H18N2O. The van der Waals surface area contributed by atoms with Crippen LogP contribution < -0.4 is 16.2 Å². The first-order valence-electron chi connectivity index (χ1n) is 4.76. The van der Waals surface area contributed by atoms with E-state index in [1.165, 1.54) is 0 Å². The summed E-state index contributed by atoms with van der Waals surface area (Å²) in [5.41, 5.74) is 13.5. The lowest BCUT2D eigenvalue weighted by Crippen LogP contribution is -2.18. The van der Waals surface area contributed by atoms with Crippen LogP contribution in [0.15, 0.2) is 18.2 Å². The van der Waals surface area contributed by atoms with Crippen LogP contribution >= 0.6 is 0 Å². The summed E-state index contributed by atoms with van der Waals surface area (Å²) in [6, 6.07) is 5.64. The molecule has 3 heteroatoms. The molecule has 0 aliphatic carbocycles. The Hall–Kier alpha value is -1.22. The van der Waals surface area contributed by atoms with Gasteiger partial charge in [0, 0.05) is 11.6 Å². The van der Waals surface area contributed by atoms with Gasteiger partial charge in [0.25, 0.3) is 0 Å². The van der Waals surface area contributed by atoms with Crippen molar-refractivity contribution < 1.29 is 4.74 Å². The summed E-state index contributed by atoms with van der Waals surface area (Å²) >= 11 is 0. The molecule has 78 valence electrons. The largest absolute Gasteiger partial charge is 0.494 e. The van der Waals surface area contributed by atoms with Crippen LogP contribution in [0.2, 0.25) is 0 Å². The Morgan fingerprint density at radius 1 is 1.29 bits per heavy atom. The minimum absolute atomic E-state index is 0.0338. The number of hydrogen-bond donors (Lipinski definition) is 2. The van der Waals surface area contributed by atoms with E-state index in [1.807, 2.05) is 18.2 Å². The van der Waals surface area contributed by atoms with Crippen molar-refractivity contribution in [3.63, 3.8) is 0 Å². The maximum absolute atomic E-state index is 6.05. The monoisotopic (exact) mass is 194 g/mol. The fraction of sp³-hybridized carbons (Fsp3) is 0.455. The van der Waals surface area contributed by atoms with Gasteiger partial charge in [0.05, 0.1) is 12.8 Å². The topological polar surface area (TPSA) is 61.3 Å². The van der Waals surface area contributed by atoms with Gasteiger partial charge in [0.1, 0.15) is 5.75 Å². The molecule has 0 heterocycles. The van der Waals surface area contributed by atoms with Gasteiger partial charge in [-0.3, -0.25) is 0 Å². The molecule has 0 saturated carbocycles. The standard InChI is InChI=1S/C11H18N2O/c1-7(2)10(13)8-5-4-6-9(12)11(8)14-3/h4-7,10H,12-13H2,1-3H3/t10-/m1/s1. The van der Waals surface area contributed by atoms with Crippen molar-refractivity contribution in [3.8, 4) is 5.75 Å². The molecule has 0 spiro atoms. The summed E-state index contributed by atoms with van der Waals surface area (Å²) in [5.74, 6) is 1.07. The average Bonchev–Trinajstić information content (AvgIpc) is 2.16. The maximum atomic E-state index is 6.05. The minimum atomic E-state index is -0.0338. The zero-order valence-electron chi connectivity index (χ0n) is 8.95. The van der Waals surface area contributed by atoms with Crippen molar-refractivity contribution in [3.05, 3.63) is 23.8 Å². The molecule has 0 fully saturated rings. The van der Waals surface area contributed by atoms with E-state index in [9.17, 15) is 0 Å². The Labute approximate surface area is 85.0 Å². The third-order valence-corrected chi connectivity index (χ3v) is 2.36. The molecule has 0 saturated heterocycles. The summed E-state index contributed by atoms with van der Waals surface area (Å²) in [7, 11) is 1.61. The van der Waals surface area contributed by atoms with E-state index in [4.69, 9.17) is 16.2 Å². The van der Waals surface area contributed by atoms with Gasteiger partial charge in [0.15, 0.2) is 0 Å². The number of ether oxygens (including phenoxy) is 1. The third-order valence-electron chi connectivity index (χ3n) is 2.36. The highest BCUT2D eigenvalue weighted by Gasteiger charge is 2.16. The Balaban J connectivity index is 3.13. The molecule has 4 N–H and O–H groups in total. The second-order valence-corrected chi connectivity index (χ2v) is 3.74. The predicted octanol–water partition coefficient (Wildman–Crippen LogP) is 1.93. The average molecular weight is 194 g/mol. The van der Waals surface area contributed by atoms with Gasteiger partial charge < -0.3 is 16.2 Å². The van der Waals surface area contributed by atoms with E-state index >= 15 is 0 Å². The Morgan fingerprint density at radius 3 is 2.43 bits per heavy atom. The van der Waals surface area contributed by atoms with Crippen molar-refractivity contribution in [2.75, 3.05) is 12.8 Å². The van der Waals surface area contributed by atoms with Crippen LogP contribution in [0, 0.1) is 5.92 Å². The van der Waals surface area contributed by atoms with Gasteiger partial charge in [-0.25, -0.2) is 0 Å². The van der Waals surface area contributed by atoms with Crippen molar-refractivity contribution in [1.82, 2.24) is 0 Å². The summed E-state index contributed by atoms with van der Waals surface area (Å²) in [5, 5.41) is 0. The van der Waals surface area contributed by atoms with Crippen LogP contribution in [0.25, 0.3) is 0 Å². The number of nitrogen functional groups attached to an aromatic ring is 1. The molecule has 1 aromatic carbocycles. The zero-order valence-corrected chi connectivity index (χ0v) is 8.95. The smallest absolute Gasteiger partial charge is 0.146 e. The number of nitrogens with two attached hydrogens (primary N) is 2. The van der Waals surface area contributed by atoms with Crippen LogP contribution in [0.4, 0.5) is 5.69 Å². The van der Waals surface area contributed by atoms with Gasteiger partial charge in [0.2, 0.25) is 0 Å². The quantitative estimate of drug-likeness (QED) is 0.723. The Bertz CT molecular complexity index is 310. The second kappa shape index (κ2) is 4.33. The van der Waals surface area contributed by atoms with E-state index < -0.39 is 0 Å².